The number of esters is 1. The Hall–Kier alpha value is -1.77. The van der Waals surface area contributed by atoms with Crippen LogP contribution in [0.2, 0.25) is 0 Å². The van der Waals surface area contributed by atoms with Gasteiger partial charge in [0.15, 0.2) is 0 Å². The molecular formula is C15H18O3. The zero-order valence-electron chi connectivity index (χ0n) is 10.8. The monoisotopic (exact) mass is 246 g/mol. The van der Waals surface area contributed by atoms with Gasteiger partial charge in [-0.1, -0.05) is 17.7 Å². The highest BCUT2D eigenvalue weighted by molar-refractivity contribution is 5.92. The molecule has 0 fully saturated rings. The Morgan fingerprint density at radius 1 is 1.39 bits per heavy atom. The fourth-order valence-electron chi connectivity index (χ4n) is 2.06. The first kappa shape index (κ1) is 12.7. The number of rotatable bonds is 3. The largest absolute Gasteiger partial charge is 0.485 e. The molecule has 0 aliphatic heterocycles. The molecule has 0 amide bonds. The number of hydrogen-bond acceptors (Lipinski definition) is 3. The van der Waals surface area contributed by atoms with Crippen LogP contribution in [0.5, 0.6) is 5.75 Å². The summed E-state index contributed by atoms with van der Waals surface area (Å²) in [6.45, 7) is 1.94. The average Bonchev–Trinajstić information content (AvgIpc) is 2.41. The Morgan fingerprint density at radius 2 is 2.22 bits per heavy atom. The molecule has 0 N–H and O–H groups in total. The molecule has 0 spiro atoms. The smallest absolute Gasteiger partial charge is 0.341 e. The molecule has 0 unspecified atom stereocenters. The zero-order valence-corrected chi connectivity index (χ0v) is 10.8. The topological polar surface area (TPSA) is 35.5 Å². The van der Waals surface area contributed by atoms with Gasteiger partial charge in [0.05, 0.1) is 7.11 Å². The van der Waals surface area contributed by atoms with E-state index in [4.69, 9.17) is 9.47 Å². The fourth-order valence-corrected chi connectivity index (χ4v) is 2.06. The summed E-state index contributed by atoms with van der Waals surface area (Å²) in [7, 11) is 1.38. The number of carbonyl (C=O) groups excluding carboxylic acids is 1. The first-order valence-electron chi connectivity index (χ1n) is 6.23. The summed E-state index contributed by atoms with van der Waals surface area (Å²) in [6, 6.07) is 5.58. The van der Waals surface area contributed by atoms with Crippen LogP contribution in [0.3, 0.4) is 0 Å². The first-order valence-corrected chi connectivity index (χ1v) is 6.23. The highest BCUT2D eigenvalue weighted by atomic mass is 16.5. The molecule has 0 aromatic heterocycles. The standard InChI is InChI=1S/C15H18O3/c1-11-8-9-14(13(10-11)15(16)17-2)18-12-6-4-3-5-7-12/h4,6,8-10,12H,3,5,7H2,1-2H3/t12-/m0/s1. The Labute approximate surface area is 107 Å². The second-order valence-corrected chi connectivity index (χ2v) is 4.51. The third kappa shape index (κ3) is 2.92. The van der Waals surface area contributed by atoms with E-state index in [0.717, 1.165) is 24.8 Å². The number of allylic oxidation sites excluding steroid dienone is 1. The SMILES string of the molecule is COC(=O)c1cc(C)ccc1O[C@H]1C=CCCC1. The van der Waals surface area contributed by atoms with Gasteiger partial charge in [-0.25, -0.2) is 4.79 Å². The van der Waals surface area contributed by atoms with Gasteiger partial charge >= 0.3 is 5.97 Å². The summed E-state index contributed by atoms with van der Waals surface area (Å²) in [4.78, 5) is 11.7. The number of hydrogen-bond donors (Lipinski definition) is 0. The van der Waals surface area contributed by atoms with Crippen LogP contribution < -0.4 is 4.74 Å². The summed E-state index contributed by atoms with van der Waals surface area (Å²) < 4.78 is 10.7. The number of benzene rings is 1. The van der Waals surface area contributed by atoms with Crippen molar-refractivity contribution < 1.29 is 14.3 Å². The molecule has 1 aliphatic rings. The minimum atomic E-state index is -0.353. The van der Waals surface area contributed by atoms with Gasteiger partial charge in [-0.3, -0.25) is 0 Å². The number of aryl methyl sites for hydroxylation is 1. The quantitative estimate of drug-likeness (QED) is 0.606. The molecule has 0 saturated carbocycles. The van der Waals surface area contributed by atoms with E-state index in [-0.39, 0.29) is 12.1 Å². The zero-order chi connectivity index (χ0) is 13.0. The Kier molecular flexibility index (Phi) is 4.03. The first-order chi connectivity index (χ1) is 8.70. The lowest BCUT2D eigenvalue weighted by Gasteiger charge is -2.20. The summed E-state index contributed by atoms with van der Waals surface area (Å²) in [6.07, 6.45) is 7.47. The molecule has 0 bridgehead atoms. The van der Waals surface area contributed by atoms with Crippen LogP contribution in [0, 0.1) is 6.92 Å². The van der Waals surface area contributed by atoms with Gasteiger partial charge in [0, 0.05) is 0 Å². The van der Waals surface area contributed by atoms with Crippen LogP contribution in [0.15, 0.2) is 30.4 Å². The number of carbonyl (C=O) groups is 1. The normalized spacial score (nSPS) is 18.4. The molecule has 18 heavy (non-hydrogen) atoms. The fraction of sp³-hybridized carbons (Fsp3) is 0.400. The van der Waals surface area contributed by atoms with Gasteiger partial charge in [-0.05, 0) is 44.4 Å². The lowest BCUT2D eigenvalue weighted by atomic mass is 10.0. The second-order valence-electron chi connectivity index (χ2n) is 4.51. The molecule has 0 radical (unpaired) electrons. The van der Waals surface area contributed by atoms with Crippen molar-refractivity contribution in [3.8, 4) is 5.75 Å². The molecule has 3 heteroatoms. The van der Waals surface area contributed by atoms with Crippen molar-refractivity contribution in [2.75, 3.05) is 7.11 Å². The minimum absolute atomic E-state index is 0.0601. The van der Waals surface area contributed by atoms with Crippen LogP contribution >= 0.6 is 0 Å². The third-order valence-electron chi connectivity index (χ3n) is 3.03. The van der Waals surface area contributed by atoms with Gasteiger partial charge in [-0.15, -0.1) is 0 Å². The maximum Gasteiger partial charge on any atom is 0.341 e. The lowest BCUT2D eigenvalue weighted by Crippen LogP contribution is -2.17. The van der Waals surface area contributed by atoms with Crippen molar-refractivity contribution in [2.45, 2.75) is 32.3 Å². The van der Waals surface area contributed by atoms with Crippen molar-refractivity contribution in [3.63, 3.8) is 0 Å². The highest BCUT2D eigenvalue weighted by Crippen LogP contribution is 2.24. The van der Waals surface area contributed by atoms with Crippen molar-refractivity contribution in [3.05, 3.63) is 41.5 Å². The summed E-state index contributed by atoms with van der Waals surface area (Å²) >= 11 is 0. The molecular weight excluding hydrogens is 228 g/mol. The molecule has 3 nitrogen and oxygen atoms in total. The maximum atomic E-state index is 11.7. The van der Waals surface area contributed by atoms with E-state index in [1.54, 1.807) is 6.07 Å². The Bertz CT molecular complexity index is 463. The van der Waals surface area contributed by atoms with E-state index in [9.17, 15) is 4.79 Å². The summed E-state index contributed by atoms with van der Waals surface area (Å²) in [5, 5.41) is 0. The van der Waals surface area contributed by atoms with Gasteiger partial charge in [0.25, 0.3) is 0 Å². The van der Waals surface area contributed by atoms with Gasteiger partial charge < -0.3 is 9.47 Å². The predicted octanol–water partition coefficient (Wildman–Crippen LogP) is 3.27. The highest BCUT2D eigenvalue weighted by Gasteiger charge is 2.17. The molecule has 0 saturated heterocycles. The average molecular weight is 246 g/mol. The van der Waals surface area contributed by atoms with Gasteiger partial charge in [0.1, 0.15) is 17.4 Å². The van der Waals surface area contributed by atoms with E-state index < -0.39 is 0 Å². The molecule has 96 valence electrons. The summed E-state index contributed by atoms with van der Waals surface area (Å²) in [5.74, 6) is 0.248. The number of ether oxygens (including phenoxy) is 2. The van der Waals surface area contributed by atoms with E-state index in [0.29, 0.717) is 11.3 Å². The van der Waals surface area contributed by atoms with Crippen molar-refractivity contribution >= 4 is 5.97 Å². The Balaban J connectivity index is 2.23. The van der Waals surface area contributed by atoms with E-state index in [1.165, 1.54) is 7.11 Å². The number of methoxy groups -OCH3 is 1. The second kappa shape index (κ2) is 5.71. The minimum Gasteiger partial charge on any atom is -0.485 e. The van der Waals surface area contributed by atoms with Crippen LogP contribution in [-0.2, 0) is 4.74 Å². The molecule has 1 aliphatic carbocycles. The molecule has 2 rings (SSSR count). The van der Waals surface area contributed by atoms with Crippen LogP contribution in [0.1, 0.15) is 35.2 Å². The molecule has 1 aromatic rings. The van der Waals surface area contributed by atoms with E-state index >= 15 is 0 Å². The van der Waals surface area contributed by atoms with Crippen molar-refractivity contribution in [1.82, 2.24) is 0 Å². The lowest BCUT2D eigenvalue weighted by molar-refractivity contribution is 0.0594. The summed E-state index contributed by atoms with van der Waals surface area (Å²) in [5.41, 5.74) is 1.51. The maximum absolute atomic E-state index is 11.7. The van der Waals surface area contributed by atoms with E-state index in [1.807, 2.05) is 19.1 Å². The van der Waals surface area contributed by atoms with Gasteiger partial charge in [0.2, 0.25) is 0 Å². The van der Waals surface area contributed by atoms with E-state index in [2.05, 4.69) is 12.2 Å². The third-order valence-corrected chi connectivity index (χ3v) is 3.03. The van der Waals surface area contributed by atoms with Gasteiger partial charge in [-0.2, -0.15) is 0 Å². The Morgan fingerprint density at radius 3 is 2.89 bits per heavy atom. The molecule has 0 heterocycles. The van der Waals surface area contributed by atoms with Crippen molar-refractivity contribution in [1.29, 1.82) is 0 Å². The van der Waals surface area contributed by atoms with Crippen LogP contribution in [-0.4, -0.2) is 19.2 Å². The van der Waals surface area contributed by atoms with Crippen LogP contribution in [0.25, 0.3) is 0 Å². The molecule has 1 atom stereocenters. The molecule has 1 aromatic carbocycles. The van der Waals surface area contributed by atoms with Crippen LogP contribution in [0.4, 0.5) is 0 Å². The predicted molar refractivity (Wildman–Crippen MR) is 69.9 cm³/mol. The van der Waals surface area contributed by atoms with Crippen molar-refractivity contribution in [2.24, 2.45) is 0 Å².